The van der Waals surface area contributed by atoms with Crippen LogP contribution in [0.2, 0.25) is 0 Å². The Labute approximate surface area is 132 Å². The minimum absolute atomic E-state index is 0.0570. The highest BCUT2D eigenvalue weighted by Gasteiger charge is 2.20. The number of carbonyl (C=O) groups is 2. The van der Waals surface area contributed by atoms with Gasteiger partial charge in [-0.3, -0.25) is 9.59 Å². The van der Waals surface area contributed by atoms with Gasteiger partial charge >= 0.3 is 0 Å². The summed E-state index contributed by atoms with van der Waals surface area (Å²) in [7, 11) is 0. The summed E-state index contributed by atoms with van der Waals surface area (Å²) in [5.74, 6) is 0.847. The third-order valence-electron chi connectivity index (χ3n) is 4.29. The number of rotatable bonds is 5. The molecule has 4 nitrogen and oxygen atoms in total. The van der Waals surface area contributed by atoms with Gasteiger partial charge < -0.3 is 10.6 Å². The number of hydrogen-bond acceptors (Lipinski definition) is 2. The number of nitrogens with one attached hydrogen (secondary N) is 2. The van der Waals surface area contributed by atoms with Crippen LogP contribution < -0.4 is 10.6 Å². The molecule has 2 N–H and O–H groups in total. The lowest BCUT2D eigenvalue weighted by molar-refractivity contribution is -0.125. The van der Waals surface area contributed by atoms with Crippen molar-refractivity contribution in [3.05, 3.63) is 35.4 Å². The van der Waals surface area contributed by atoms with Crippen LogP contribution in [-0.2, 0) is 9.59 Å². The minimum atomic E-state index is 0.0570. The number of benzene rings is 1. The average molecular weight is 302 g/mol. The van der Waals surface area contributed by atoms with Crippen LogP contribution in [0.3, 0.4) is 0 Å². The first-order valence-corrected chi connectivity index (χ1v) is 8.11. The topological polar surface area (TPSA) is 58.2 Å². The van der Waals surface area contributed by atoms with E-state index in [0.717, 1.165) is 6.42 Å². The highest BCUT2D eigenvalue weighted by atomic mass is 16.2. The van der Waals surface area contributed by atoms with Crippen LogP contribution in [0, 0.1) is 0 Å². The van der Waals surface area contributed by atoms with Gasteiger partial charge in [0.1, 0.15) is 0 Å². The van der Waals surface area contributed by atoms with Crippen LogP contribution in [0.1, 0.15) is 63.0 Å². The van der Waals surface area contributed by atoms with Gasteiger partial charge in [0, 0.05) is 25.4 Å². The van der Waals surface area contributed by atoms with Crippen molar-refractivity contribution in [2.75, 3.05) is 6.54 Å². The summed E-state index contributed by atoms with van der Waals surface area (Å²) in [5.41, 5.74) is 2.51. The first-order valence-electron chi connectivity index (χ1n) is 8.11. The van der Waals surface area contributed by atoms with Crippen LogP contribution in [0.4, 0.5) is 0 Å². The Morgan fingerprint density at radius 2 is 1.86 bits per heavy atom. The van der Waals surface area contributed by atoms with Crippen molar-refractivity contribution >= 4 is 11.8 Å². The predicted molar refractivity (Wildman–Crippen MR) is 87.7 cm³/mol. The van der Waals surface area contributed by atoms with E-state index >= 15 is 0 Å². The van der Waals surface area contributed by atoms with E-state index in [9.17, 15) is 9.59 Å². The highest BCUT2D eigenvalue weighted by Crippen LogP contribution is 2.22. The van der Waals surface area contributed by atoms with Crippen molar-refractivity contribution in [3.63, 3.8) is 0 Å². The average Bonchev–Trinajstić information content (AvgIpc) is 2.49. The molecule has 0 bridgehead atoms. The number of hydrogen-bond donors (Lipinski definition) is 2. The van der Waals surface area contributed by atoms with Crippen LogP contribution >= 0.6 is 0 Å². The largest absolute Gasteiger partial charge is 0.354 e. The standard InChI is InChI=1S/C18H26N2O2/c1-12(2)14-4-6-15(7-5-14)13(3)10-18(22)20-16-8-9-17(21)19-11-16/h4-7,12-13,16H,8-11H2,1-3H3,(H,19,21)(H,20,22). The number of carbonyl (C=O) groups excluding carboxylic acids is 2. The third kappa shape index (κ3) is 4.58. The van der Waals surface area contributed by atoms with Gasteiger partial charge in [-0.25, -0.2) is 0 Å². The molecular weight excluding hydrogens is 276 g/mol. The van der Waals surface area contributed by atoms with Gasteiger partial charge in [-0.05, 0) is 29.4 Å². The monoisotopic (exact) mass is 302 g/mol. The zero-order valence-electron chi connectivity index (χ0n) is 13.7. The van der Waals surface area contributed by atoms with Crippen molar-refractivity contribution < 1.29 is 9.59 Å². The van der Waals surface area contributed by atoms with E-state index in [1.807, 2.05) is 0 Å². The smallest absolute Gasteiger partial charge is 0.220 e. The Balaban J connectivity index is 1.84. The Morgan fingerprint density at radius 1 is 1.23 bits per heavy atom. The molecule has 2 rings (SSSR count). The summed E-state index contributed by atoms with van der Waals surface area (Å²) in [6, 6.07) is 8.60. The molecule has 0 aliphatic carbocycles. The van der Waals surface area contributed by atoms with E-state index in [-0.39, 0.29) is 23.8 Å². The van der Waals surface area contributed by atoms with Gasteiger partial charge in [0.05, 0.1) is 0 Å². The fraction of sp³-hybridized carbons (Fsp3) is 0.556. The minimum Gasteiger partial charge on any atom is -0.354 e. The molecule has 1 aliphatic heterocycles. The quantitative estimate of drug-likeness (QED) is 0.878. The second-order valence-corrected chi connectivity index (χ2v) is 6.53. The van der Waals surface area contributed by atoms with Crippen LogP contribution in [-0.4, -0.2) is 24.4 Å². The zero-order chi connectivity index (χ0) is 16.1. The molecule has 0 saturated carbocycles. The predicted octanol–water partition coefficient (Wildman–Crippen LogP) is 2.70. The van der Waals surface area contributed by atoms with Crippen LogP contribution in [0.5, 0.6) is 0 Å². The normalized spacial score (nSPS) is 19.6. The van der Waals surface area contributed by atoms with Gasteiger partial charge in [-0.2, -0.15) is 0 Å². The molecule has 1 heterocycles. The van der Waals surface area contributed by atoms with Crippen molar-refractivity contribution in [3.8, 4) is 0 Å². The Hall–Kier alpha value is -1.84. The van der Waals surface area contributed by atoms with Gasteiger partial charge in [0.25, 0.3) is 0 Å². The summed E-state index contributed by atoms with van der Waals surface area (Å²) in [6.07, 6.45) is 1.71. The number of amides is 2. The van der Waals surface area contributed by atoms with Crippen molar-refractivity contribution in [1.82, 2.24) is 10.6 Å². The zero-order valence-corrected chi connectivity index (χ0v) is 13.7. The lowest BCUT2D eigenvalue weighted by Gasteiger charge is -2.24. The second kappa shape index (κ2) is 7.43. The summed E-state index contributed by atoms with van der Waals surface area (Å²) >= 11 is 0. The Bertz CT molecular complexity index is 512. The molecule has 2 amide bonds. The van der Waals surface area contributed by atoms with Gasteiger partial charge in [0.2, 0.25) is 11.8 Å². The lowest BCUT2D eigenvalue weighted by Crippen LogP contribution is -2.47. The van der Waals surface area contributed by atoms with Gasteiger partial charge in [0.15, 0.2) is 0 Å². The maximum atomic E-state index is 12.1. The molecule has 1 aliphatic rings. The van der Waals surface area contributed by atoms with Crippen molar-refractivity contribution in [2.45, 2.75) is 57.9 Å². The molecule has 2 unspecified atom stereocenters. The molecule has 1 fully saturated rings. The van der Waals surface area contributed by atoms with Crippen molar-refractivity contribution in [2.24, 2.45) is 0 Å². The molecular formula is C18H26N2O2. The fourth-order valence-corrected chi connectivity index (χ4v) is 2.75. The third-order valence-corrected chi connectivity index (χ3v) is 4.29. The highest BCUT2D eigenvalue weighted by molar-refractivity contribution is 5.79. The molecule has 0 aromatic heterocycles. The maximum absolute atomic E-state index is 12.1. The lowest BCUT2D eigenvalue weighted by atomic mass is 9.94. The fourth-order valence-electron chi connectivity index (χ4n) is 2.75. The van der Waals surface area contributed by atoms with E-state index < -0.39 is 0 Å². The first kappa shape index (κ1) is 16.5. The number of piperidine rings is 1. The maximum Gasteiger partial charge on any atom is 0.220 e. The molecule has 4 heteroatoms. The summed E-state index contributed by atoms with van der Waals surface area (Å²) in [4.78, 5) is 23.2. The summed E-state index contributed by atoms with van der Waals surface area (Å²) in [5, 5.41) is 5.80. The second-order valence-electron chi connectivity index (χ2n) is 6.53. The van der Waals surface area contributed by atoms with Crippen molar-refractivity contribution in [1.29, 1.82) is 0 Å². The molecule has 2 atom stereocenters. The first-order chi connectivity index (χ1) is 10.5. The van der Waals surface area contributed by atoms with Crippen LogP contribution in [0.25, 0.3) is 0 Å². The molecule has 1 saturated heterocycles. The van der Waals surface area contributed by atoms with Gasteiger partial charge in [-0.15, -0.1) is 0 Å². The Morgan fingerprint density at radius 3 is 2.41 bits per heavy atom. The molecule has 1 aromatic rings. The Kier molecular flexibility index (Phi) is 5.58. The molecule has 0 spiro atoms. The van der Waals surface area contributed by atoms with E-state index in [4.69, 9.17) is 0 Å². The van der Waals surface area contributed by atoms with E-state index in [0.29, 0.717) is 25.3 Å². The molecule has 120 valence electrons. The van der Waals surface area contributed by atoms with E-state index in [2.05, 4.69) is 55.7 Å². The summed E-state index contributed by atoms with van der Waals surface area (Å²) in [6.45, 7) is 6.97. The molecule has 0 radical (unpaired) electrons. The molecule has 1 aromatic carbocycles. The molecule has 22 heavy (non-hydrogen) atoms. The van der Waals surface area contributed by atoms with Gasteiger partial charge in [-0.1, -0.05) is 45.0 Å². The van der Waals surface area contributed by atoms with E-state index in [1.54, 1.807) is 0 Å². The van der Waals surface area contributed by atoms with Crippen LogP contribution in [0.15, 0.2) is 24.3 Å². The SMILES string of the molecule is CC(C)c1ccc(C(C)CC(=O)NC2CCC(=O)NC2)cc1. The van der Waals surface area contributed by atoms with E-state index in [1.165, 1.54) is 11.1 Å². The summed E-state index contributed by atoms with van der Waals surface area (Å²) < 4.78 is 0.